The quantitative estimate of drug-likeness (QED) is 0.521. The summed E-state index contributed by atoms with van der Waals surface area (Å²) in [5.74, 6) is 0. The van der Waals surface area contributed by atoms with Crippen molar-refractivity contribution in [3.05, 3.63) is 74.0 Å². The lowest BCUT2D eigenvalue weighted by atomic mass is 10.0. The number of halogens is 1. The molecular formula is C22H23BrN2O4S. The summed E-state index contributed by atoms with van der Waals surface area (Å²) in [6, 6.07) is 12.3. The summed E-state index contributed by atoms with van der Waals surface area (Å²) >= 11 is 3.33. The highest BCUT2D eigenvalue weighted by molar-refractivity contribution is 9.10. The molecule has 1 fully saturated rings. The van der Waals surface area contributed by atoms with Gasteiger partial charge in [0.15, 0.2) is 0 Å². The smallest absolute Gasteiger partial charge is 0.336 e. The van der Waals surface area contributed by atoms with E-state index in [1.165, 1.54) is 4.31 Å². The second-order valence-electron chi connectivity index (χ2n) is 7.61. The average Bonchev–Trinajstić information content (AvgIpc) is 2.72. The standard InChI is InChI=1S/C22H23BrN2O4S/c1-15-3-8-20-17(13-21(26)29-22(20)16(15)2)14-24-9-11-25(12-10-24)30(27,28)19-6-4-18(23)5-7-19/h3-8,13H,9-12,14H2,1-2H3. The van der Waals surface area contributed by atoms with Gasteiger partial charge in [-0.05, 0) is 54.8 Å². The number of nitrogens with zero attached hydrogens (tertiary/aromatic N) is 2. The summed E-state index contributed by atoms with van der Waals surface area (Å²) < 4.78 is 33.6. The first-order valence-electron chi connectivity index (χ1n) is 9.77. The molecule has 0 amide bonds. The maximum atomic E-state index is 12.9. The molecular weight excluding hydrogens is 468 g/mol. The van der Waals surface area contributed by atoms with Gasteiger partial charge in [-0.3, -0.25) is 4.90 Å². The number of benzene rings is 2. The van der Waals surface area contributed by atoms with Gasteiger partial charge in [-0.1, -0.05) is 28.1 Å². The summed E-state index contributed by atoms with van der Waals surface area (Å²) in [5.41, 5.74) is 3.23. The third-order valence-electron chi connectivity index (χ3n) is 5.69. The van der Waals surface area contributed by atoms with Crippen molar-refractivity contribution in [1.29, 1.82) is 0 Å². The molecule has 30 heavy (non-hydrogen) atoms. The number of hydrogen-bond donors (Lipinski definition) is 0. The van der Waals surface area contributed by atoms with E-state index in [2.05, 4.69) is 20.8 Å². The van der Waals surface area contributed by atoms with Gasteiger partial charge >= 0.3 is 5.63 Å². The van der Waals surface area contributed by atoms with Crippen LogP contribution in [0.4, 0.5) is 0 Å². The second kappa shape index (κ2) is 8.26. The first-order chi connectivity index (χ1) is 14.3. The minimum atomic E-state index is -3.51. The number of aryl methyl sites for hydroxylation is 2. The van der Waals surface area contributed by atoms with Crippen LogP contribution in [0.1, 0.15) is 16.7 Å². The number of hydrogen-bond acceptors (Lipinski definition) is 5. The van der Waals surface area contributed by atoms with Crippen molar-refractivity contribution in [1.82, 2.24) is 9.21 Å². The minimum absolute atomic E-state index is 0.302. The van der Waals surface area contributed by atoms with Crippen LogP contribution >= 0.6 is 15.9 Å². The third kappa shape index (κ3) is 4.09. The van der Waals surface area contributed by atoms with Crippen LogP contribution in [-0.2, 0) is 16.6 Å². The molecule has 0 radical (unpaired) electrons. The van der Waals surface area contributed by atoms with E-state index in [1.807, 2.05) is 26.0 Å². The van der Waals surface area contributed by atoms with Crippen LogP contribution < -0.4 is 5.63 Å². The summed E-state index contributed by atoms with van der Waals surface area (Å²) in [6.07, 6.45) is 0. The fourth-order valence-corrected chi connectivity index (χ4v) is 5.47. The van der Waals surface area contributed by atoms with Crippen molar-refractivity contribution >= 4 is 36.9 Å². The van der Waals surface area contributed by atoms with E-state index in [0.717, 1.165) is 26.5 Å². The Morgan fingerprint density at radius 3 is 2.33 bits per heavy atom. The molecule has 1 aliphatic rings. The van der Waals surface area contributed by atoms with E-state index in [9.17, 15) is 13.2 Å². The van der Waals surface area contributed by atoms with E-state index < -0.39 is 10.0 Å². The Balaban J connectivity index is 1.51. The molecule has 0 atom stereocenters. The van der Waals surface area contributed by atoms with Crippen LogP contribution in [0.3, 0.4) is 0 Å². The van der Waals surface area contributed by atoms with Crippen LogP contribution in [0.5, 0.6) is 0 Å². The predicted molar refractivity (Wildman–Crippen MR) is 120 cm³/mol. The number of fused-ring (bicyclic) bond motifs is 1. The summed E-state index contributed by atoms with van der Waals surface area (Å²) in [6.45, 7) is 6.55. The van der Waals surface area contributed by atoms with Crippen LogP contribution in [0.25, 0.3) is 11.0 Å². The number of sulfonamides is 1. The second-order valence-corrected chi connectivity index (χ2v) is 10.5. The van der Waals surface area contributed by atoms with Gasteiger partial charge in [0.25, 0.3) is 0 Å². The molecule has 0 unspecified atom stereocenters. The normalized spacial score (nSPS) is 16.2. The summed E-state index contributed by atoms with van der Waals surface area (Å²) in [7, 11) is -3.51. The number of piperazine rings is 1. The van der Waals surface area contributed by atoms with Crippen molar-refractivity contribution in [2.24, 2.45) is 0 Å². The average molecular weight is 491 g/mol. The van der Waals surface area contributed by atoms with Gasteiger partial charge in [-0.2, -0.15) is 4.31 Å². The van der Waals surface area contributed by atoms with Gasteiger partial charge < -0.3 is 4.42 Å². The van der Waals surface area contributed by atoms with Crippen molar-refractivity contribution in [3.63, 3.8) is 0 Å². The molecule has 1 saturated heterocycles. The number of rotatable bonds is 4. The highest BCUT2D eigenvalue weighted by Crippen LogP contribution is 2.25. The minimum Gasteiger partial charge on any atom is -0.422 e. The van der Waals surface area contributed by atoms with Gasteiger partial charge in [0.2, 0.25) is 10.0 Å². The lowest BCUT2D eigenvalue weighted by molar-refractivity contribution is 0.182. The largest absolute Gasteiger partial charge is 0.422 e. The van der Waals surface area contributed by atoms with E-state index in [4.69, 9.17) is 4.42 Å². The first kappa shape index (κ1) is 21.2. The third-order valence-corrected chi connectivity index (χ3v) is 8.14. The van der Waals surface area contributed by atoms with Gasteiger partial charge in [-0.15, -0.1) is 0 Å². The molecule has 0 spiro atoms. The van der Waals surface area contributed by atoms with Gasteiger partial charge in [0.05, 0.1) is 4.90 Å². The Labute approximate surface area is 184 Å². The summed E-state index contributed by atoms with van der Waals surface area (Å²) in [5, 5.41) is 0.933. The molecule has 8 heteroatoms. The Morgan fingerprint density at radius 1 is 1.00 bits per heavy atom. The van der Waals surface area contributed by atoms with Crippen molar-refractivity contribution in [2.75, 3.05) is 26.2 Å². The van der Waals surface area contributed by atoms with Crippen LogP contribution in [0.15, 0.2) is 61.0 Å². The highest BCUT2D eigenvalue weighted by Gasteiger charge is 2.28. The van der Waals surface area contributed by atoms with Gasteiger partial charge in [0.1, 0.15) is 5.58 Å². The van der Waals surface area contributed by atoms with Crippen LogP contribution in [0, 0.1) is 13.8 Å². The molecule has 4 rings (SSSR count). The molecule has 2 aromatic carbocycles. The fourth-order valence-electron chi connectivity index (χ4n) is 3.78. The van der Waals surface area contributed by atoms with E-state index in [1.54, 1.807) is 30.3 Å². The maximum absolute atomic E-state index is 12.9. The molecule has 0 saturated carbocycles. The molecule has 6 nitrogen and oxygen atoms in total. The van der Waals surface area contributed by atoms with E-state index in [0.29, 0.717) is 43.2 Å². The molecule has 0 aliphatic carbocycles. The predicted octanol–water partition coefficient (Wildman–Crippen LogP) is 3.68. The topological polar surface area (TPSA) is 70.8 Å². The molecule has 158 valence electrons. The fraction of sp³-hybridized carbons (Fsp3) is 0.318. The molecule has 2 heterocycles. The van der Waals surface area contributed by atoms with Gasteiger partial charge in [-0.25, -0.2) is 13.2 Å². The summed E-state index contributed by atoms with van der Waals surface area (Å²) in [4.78, 5) is 14.6. The monoisotopic (exact) mass is 490 g/mol. The Kier molecular flexibility index (Phi) is 5.85. The van der Waals surface area contributed by atoms with Crippen molar-refractivity contribution < 1.29 is 12.8 Å². The van der Waals surface area contributed by atoms with E-state index >= 15 is 0 Å². The zero-order valence-corrected chi connectivity index (χ0v) is 19.3. The van der Waals surface area contributed by atoms with E-state index in [-0.39, 0.29) is 5.63 Å². The molecule has 1 aromatic heterocycles. The molecule has 3 aromatic rings. The zero-order chi connectivity index (χ0) is 21.5. The first-order valence-corrected chi connectivity index (χ1v) is 12.0. The van der Waals surface area contributed by atoms with Crippen molar-refractivity contribution in [3.8, 4) is 0 Å². The lowest BCUT2D eigenvalue weighted by Gasteiger charge is -2.34. The maximum Gasteiger partial charge on any atom is 0.336 e. The molecule has 1 aliphatic heterocycles. The molecule has 0 bridgehead atoms. The lowest BCUT2D eigenvalue weighted by Crippen LogP contribution is -2.48. The van der Waals surface area contributed by atoms with Crippen LogP contribution in [-0.4, -0.2) is 43.8 Å². The SMILES string of the molecule is Cc1ccc2c(CN3CCN(S(=O)(=O)c4ccc(Br)cc4)CC3)cc(=O)oc2c1C. The Morgan fingerprint density at radius 2 is 1.67 bits per heavy atom. The zero-order valence-electron chi connectivity index (χ0n) is 16.9. The highest BCUT2D eigenvalue weighted by atomic mass is 79.9. The Hall–Kier alpha value is -2.00. The molecule has 0 N–H and O–H groups in total. The Bertz CT molecular complexity index is 1240. The van der Waals surface area contributed by atoms with Gasteiger partial charge in [0, 0.05) is 48.6 Å². The van der Waals surface area contributed by atoms with Crippen LogP contribution in [0.2, 0.25) is 0 Å². The van der Waals surface area contributed by atoms with Crippen molar-refractivity contribution in [2.45, 2.75) is 25.3 Å².